The minimum Gasteiger partial charge on any atom is -0.429 e. The molecule has 0 amide bonds. The lowest BCUT2D eigenvalue weighted by Crippen LogP contribution is -2.13. The molecule has 1 aliphatic rings. The van der Waals surface area contributed by atoms with E-state index in [2.05, 4.69) is 23.8 Å². The van der Waals surface area contributed by atoms with Crippen LogP contribution in [0.5, 0.6) is 5.75 Å². The molecule has 0 radical (unpaired) electrons. The third-order valence-corrected chi connectivity index (χ3v) is 4.11. The highest BCUT2D eigenvalue weighted by Gasteiger charge is 2.24. The van der Waals surface area contributed by atoms with E-state index in [-0.39, 0.29) is 5.92 Å². The first-order valence-electron chi connectivity index (χ1n) is 7.61. The summed E-state index contributed by atoms with van der Waals surface area (Å²) < 4.78 is 55.6. The number of ether oxygens (including phenoxy) is 1. The first-order chi connectivity index (χ1) is 10.5. The quantitative estimate of drug-likeness (QED) is 0.492. The second-order valence-corrected chi connectivity index (χ2v) is 5.64. The summed E-state index contributed by atoms with van der Waals surface area (Å²) in [4.78, 5) is 0. The Hall–Kier alpha value is -1.52. The largest absolute Gasteiger partial charge is 0.429 e. The van der Waals surface area contributed by atoms with Gasteiger partial charge in [-0.05, 0) is 61.6 Å². The van der Waals surface area contributed by atoms with Gasteiger partial charge in [0, 0.05) is 0 Å². The summed E-state index contributed by atoms with van der Waals surface area (Å²) in [6.45, 7) is -1.16. The van der Waals surface area contributed by atoms with Gasteiger partial charge in [0.2, 0.25) is 0 Å². The van der Waals surface area contributed by atoms with Crippen LogP contribution in [0, 0.1) is 17.6 Å². The number of rotatable bonds is 5. The van der Waals surface area contributed by atoms with Crippen LogP contribution in [0.25, 0.3) is 0 Å². The molecule has 0 atom stereocenters. The summed E-state index contributed by atoms with van der Waals surface area (Å²) in [5.74, 6) is -2.55. The van der Waals surface area contributed by atoms with Crippen LogP contribution in [0.15, 0.2) is 24.3 Å². The average Bonchev–Trinajstić information content (AvgIpc) is 2.49. The Balaban J connectivity index is 2.06. The first kappa shape index (κ1) is 16.8. The van der Waals surface area contributed by atoms with Gasteiger partial charge in [0.15, 0.2) is 17.4 Å². The van der Waals surface area contributed by atoms with Crippen LogP contribution in [-0.2, 0) is 0 Å². The fourth-order valence-electron chi connectivity index (χ4n) is 2.99. The lowest BCUT2D eigenvalue weighted by atomic mass is 9.78. The minimum atomic E-state index is -3.24. The number of halogens is 4. The molecule has 122 valence electrons. The van der Waals surface area contributed by atoms with E-state index in [4.69, 9.17) is 0 Å². The van der Waals surface area contributed by atoms with Crippen molar-refractivity contribution in [3.05, 3.63) is 41.5 Å². The van der Waals surface area contributed by atoms with E-state index < -0.39 is 24.0 Å². The summed E-state index contributed by atoms with van der Waals surface area (Å²) in [6, 6.07) is 2.24. The molecule has 0 aromatic heterocycles. The lowest BCUT2D eigenvalue weighted by molar-refractivity contribution is -0.0546. The van der Waals surface area contributed by atoms with Crippen molar-refractivity contribution >= 4 is 0 Å². The zero-order valence-electron chi connectivity index (χ0n) is 12.5. The van der Waals surface area contributed by atoms with E-state index in [1.807, 2.05) is 0 Å². The van der Waals surface area contributed by atoms with Gasteiger partial charge in [-0.15, -0.1) is 0 Å². The lowest BCUT2D eigenvalue weighted by Gasteiger charge is -2.27. The number of hydrogen-bond donors (Lipinski definition) is 0. The fraction of sp³-hybridized carbons (Fsp3) is 0.529. The van der Waals surface area contributed by atoms with Crippen molar-refractivity contribution in [1.82, 2.24) is 0 Å². The first-order valence-corrected chi connectivity index (χ1v) is 7.61. The third kappa shape index (κ3) is 4.24. The Morgan fingerprint density at radius 3 is 2.23 bits per heavy atom. The SMILES string of the molecule is CC/C=C/[C@H]1CC[C@H](c2cc(F)c(OC(F)F)c(F)c2)CC1. The van der Waals surface area contributed by atoms with Crippen LogP contribution in [0.2, 0.25) is 0 Å². The molecule has 0 heterocycles. The van der Waals surface area contributed by atoms with Crippen LogP contribution in [0.3, 0.4) is 0 Å². The molecule has 1 aromatic rings. The minimum absolute atomic E-state index is 0.0656. The Morgan fingerprint density at radius 2 is 1.73 bits per heavy atom. The molecule has 1 aliphatic carbocycles. The molecule has 1 aromatic carbocycles. The molecular formula is C17H20F4O. The maximum atomic E-state index is 13.8. The van der Waals surface area contributed by atoms with E-state index in [1.165, 1.54) is 0 Å². The predicted octanol–water partition coefficient (Wildman–Crippen LogP) is 5.81. The van der Waals surface area contributed by atoms with Gasteiger partial charge in [0.25, 0.3) is 0 Å². The van der Waals surface area contributed by atoms with Crippen LogP contribution in [0.1, 0.15) is 50.5 Å². The van der Waals surface area contributed by atoms with Crippen molar-refractivity contribution in [2.45, 2.75) is 51.6 Å². The Kier molecular flexibility index (Phi) is 5.86. The highest BCUT2D eigenvalue weighted by atomic mass is 19.3. The summed E-state index contributed by atoms with van der Waals surface area (Å²) in [5, 5.41) is 0. The topological polar surface area (TPSA) is 9.23 Å². The molecule has 22 heavy (non-hydrogen) atoms. The molecule has 2 rings (SSSR count). The zero-order chi connectivity index (χ0) is 16.1. The molecule has 0 bridgehead atoms. The van der Waals surface area contributed by atoms with Crippen molar-refractivity contribution in [2.24, 2.45) is 5.92 Å². The summed E-state index contributed by atoms with van der Waals surface area (Å²) in [5.41, 5.74) is 0.523. The fourth-order valence-corrected chi connectivity index (χ4v) is 2.99. The van der Waals surface area contributed by atoms with Crippen molar-refractivity contribution in [3.8, 4) is 5.75 Å². The van der Waals surface area contributed by atoms with Crippen LogP contribution in [-0.4, -0.2) is 6.61 Å². The predicted molar refractivity (Wildman–Crippen MR) is 77.1 cm³/mol. The summed E-state index contributed by atoms with van der Waals surface area (Å²) in [6.07, 6.45) is 8.97. The number of alkyl halides is 2. The molecular weight excluding hydrogens is 296 g/mol. The van der Waals surface area contributed by atoms with Gasteiger partial charge in [-0.1, -0.05) is 19.1 Å². The number of hydrogen-bond acceptors (Lipinski definition) is 1. The standard InChI is InChI=1S/C17H20F4O/c1-2-3-4-11-5-7-12(8-6-11)13-9-14(18)16(15(19)10-13)22-17(20)21/h3-4,9-12,17H,2,5-8H2,1H3/b4-3+/t11-,12-. The smallest absolute Gasteiger partial charge is 0.387 e. The second kappa shape index (κ2) is 7.65. The van der Waals surface area contributed by atoms with Gasteiger partial charge in [0.1, 0.15) is 0 Å². The van der Waals surface area contributed by atoms with E-state index in [9.17, 15) is 17.6 Å². The Labute approximate surface area is 128 Å². The van der Waals surface area contributed by atoms with Gasteiger partial charge < -0.3 is 4.74 Å². The maximum Gasteiger partial charge on any atom is 0.387 e. The monoisotopic (exact) mass is 316 g/mol. The highest BCUT2D eigenvalue weighted by molar-refractivity contribution is 5.33. The van der Waals surface area contributed by atoms with Crippen LogP contribution >= 0.6 is 0 Å². The molecule has 0 aliphatic heterocycles. The van der Waals surface area contributed by atoms with Gasteiger partial charge in [-0.2, -0.15) is 8.78 Å². The van der Waals surface area contributed by atoms with Gasteiger partial charge in [-0.25, -0.2) is 8.78 Å². The molecule has 1 saturated carbocycles. The van der Waals surface area contributed by atoms with Gasteiger partial charge in [-0.3, -0.25) is 0 Å². The van der Waals surface area contributed by atoms with E-state index in [0.717, 1.165) is 44.2 Å². The Morgan fingerprint density at radius 1 is 1.14 bits per heavy atom. The zero-order valence-corrected chi connectivity index (χ0v) is 12.5. The highest BCUT2D eigenvalue weighted by Crippen LogP contribution is 2.38. The summed E-state index contributed by atoms with van der Waals surface area (Å²) in [7, 11) is 0. The van der Waals surface area contributed by atoms with E-state index in [1.54, 1.807) is 0 Å². The molecule has 5 heteroatoms. The van der Waals surface area contributed by atoms with Crippen LogP contribution < -0.4 is 4.74 Å². The maximum absolute atomic E-state index is 13.8. The molecule has 0 N–H and O–H groups in total. The van der Waals surface area contributed by atoms with E-state index >= 15 is 0 Å². The van der Waals surface area contributed by atoms with Gasteiger partial charge >= 0.3 is 6.61 Å². The second-order valence-electron chi connectivity index (χ2n) is 5.64. The molecule has 1 fully saturated rings. The molecule has 0 spiro atoms. The normalized spacial score (nSPS) is 22.5. The summed E-state index contributed by atoms with van der Waals surface area (Å²) >= 11 is 0. The van der Waals surface area contributed by atoms with Crippen LogP contribution in [0.4, 0.5) is 17.6 Å². The van der Waals surface area contributed by atoms with Crippen molar-refractivity contribution in [3.63, 3.8) is 0 Å². The van der Waals surface area contributed by atoms with Crippen molar-refractivity contribution in [2.75, 3.05) is 0 Å². The molecule has 0 unspecified atom stereocenters. The number of allylic oxidation sites excluding steroid dienone is 2. The average molecular weight is 316 g/mol. The third-order valence-electron chi connectivity index (χ3n) is 4.11. The van der Waals surface area contributed by atoms with Crippen molar-refractivity contribution < 1.29 is 22.3 Å². The number of benzene rings is 1. The molecule has 0 saturated heterocycles. The Bertz CT molecular complexity index is 496. The van der Waals surface area contributed by atoms with E-state index in [0.29, 0.717) is 11.5 Å². The van der Waals surface area contributed by atoms with Gasteiger partial charge in [0.05, 0.1) is 0 Å². The van der Waals surface area contributed by atoms with Crippen molar-refractivity contribution in [1.29, 1.82) is 0 Å². The molecule has 1 nitrogen and oxygen atoms in total.